The number of nitrogens with one attached hydrogen (secondary N) is 2. The molecule has 2 aliphatic rings. The predicted molar refractivity (Wildman–Crippen MR) is 117 cm³/mol. The molecule has 1 saturated heterocycles. The number of rotatable bonds is 3. The molecule has 154 valence electrons. The Morgan fingerprint density at radius 1 is 1.23 bits per heavy atom. The first-order chi connectivity index (χ1) is 14.5. The monoisotopic (exact) mass is 420 g/mol. The van der Waals surface area contributed by atoms with Gasteiger partial charge in [0.1, 0.15) is 10.5 Å². The standard InChI is InChI=1S/C23H24N4O2S/c1-15-12-17(20-25-10-11-30-20)13-19(26-15)23(27-21(28)29)18-5-3-2-4-16(18)14-22(23)6-8-24-9-7-22/h2-5,10-13,24,27H,6-9,14H2,1H3,(H,28,29)/t23-/m1/s1. The Morgan fingerprint density at radius 2 is 2.03 bits per heavy atom. The van der Waals surface area contributed by atoms with Crippen molar-refractivity contribution in [2.24, 2.45) is 5.41 Å². The smallest absolute Gasteiger partial charge is 0.405 e. The summed E-state index contributed by atoms with van der Waals surface area (Å²) in [6.45, 7) is 3.69. The van der Waals surface area contributed by atoms with Gasteiger partial charge < -0.3 is 15.7 Å². The van der Waals surface area contributed by atoms with E-state index in [4.69, 9.17) is 4.98 Å². The van der Waals surface area contributed by atoms with Crippen molar-refractivity contribution in [1.82, 2.24) is 20.6 Å². The van der Waals surface area contributed by atoms with E-state index >= 15 is 0 Å². The van der Waals surface area contributed by atoms with Crippen LogP contribution in [-0.2, 0) is 12.0 Å². The number of aromatic nitrogens is 2. The van der Waals surface area contributed by atoms with Crippen molar-refractivity contribution < 1.29 is 9.90 Å². The highest BCUT2D eigenvalue weighted by Gasteiger charge is 2.60. The summed E-state index contributed by atoms with van der Waals surface area (Å²) in [5.41, 5.74) is 3.67. The molecule has 0 bridgehead atoms. The summed E-state index contributed by atoms with van der Waals surface area (Å²) in [5.74, 6) is 0. The van der Waals surface area contributed by atoms with Crippen LogP contribution in [0.3, 0.4) is 0 Å². The molecule has 0 unspecified atom stereocenters. The van der Waals surface area contributed by atoms with Gasteiger partial charge in [-0.1, -0.05) is 24.3 Å². The first kappa shape index (κ1) is 19.2. The van der Waals surface area contributed by atoms with Crippen LogP contribution in [0.5, 0.6) is 0 Å². The van der Waals surface area contributed by atoms with Gasteiger partial charge in [0, 0.05) is 28.2 Å². The zero-order valence-corrected chi connectivity index (χ0v) is 17.6. The molecule has 1 atom stereocenters. The van der Waals surface area contributed by atoms with Crippen molar-refractivity contribution in [2.75, 3.05) is 13.1 Å². The van der Waals surface area contributed by atoms with Crippen LogP contribution < -0.4 is 10.6 Å². The molecule has 1 amide bonds. The summed E-state index contributed by atoms with van der Waals surface area (Å²) in [6, 6.07) is 12.3. The average molecular weight is 421 g/mol. The molecular weight excluding hydrogens is 396 g/mol. The van der Waals surface area contributed by atoms with Gasteiger partial charge >= 0.3 is 6.09 Å². The number of thiazole rings is 1. The van der Waals surface area contributed by atoms with E-state index in [1.165, 1.54) is 5.56 Å². The summed E-state index contributed by atoms with van der Waals surface area (Å²) in [4.78, 5) is 21.6. The number of piperidine rings is 1. The maximum atomic E-state index is 12.2. The fraction of sp³-hybridized carbons (Fsp3) is 0.348. The lowest BCUT2D eigenvalue weighted by molar-refractivity contribution is 0.0823. The molecule has 0 saturated carbocycles. The normalized spacial score (nSPS) is 22.0. The Hall–Kier alpha value is -2.77. The summed E-state index contributed by atoms with van der Waals surface area (Å²) >= 11 is 1.58. The van der Waals surface area contributed by atoms with Crippen LogP contribution >= 0.6 is 11.3 Å². The fourth-order valence-corrected chi connectivity index (χ4v) is 6.09. The molecule has 1 aromatic carbocycles. The van der Waals surface area contributed by atoms with Crippen LogP contribution in [0.25, 0.3) is 10.6 Å². The molecular formula is C23H24N4O2S. The lowest BCUT2D eigenvalue weighted by Crippen LogP contribution is -2.59. The van der Waals surface area contributed by atoms with E-state index in [0.717, 1.165) is 59.9 Å². The van der Waals surface area contributed by atoms with E-state index < -0.39 is 11.6 Å². The molecule has 1 aliphatic heterocycles. The SMILES string of the molecule is Cc1cc(-c2nccs2)cc([C@]2(NC(=O)O)c3ccccc3CC23CCNCC3)n1. The lowest BCUT2D eigenvalue weighted by Gasteiger charge is -2.48. The second-order valence-electron chi connectivity index (χ2n) is 8.26. The minimum atomic E-state index is -1.02. The van der Waals surface area contributed by atoms with Crippen LogP contribution in [0.2, 0.25) is 0 Å². The highest BCUT2D eigenvalue weighted by molar-refractivity contribution is 7.13. The Balaban J connectivity index is 1.80. The van der Waals surface area contributed by atoms with Crippen LogP contribution in [0.15, 0.2) is 48.0 Å². The van der Waals surface area contributed by atoms with Gasteiger partial charge in [0.05, 0.1) is 5.69 Å². The number of carboxylic acid groups (broad SMARTS) is 1. The number of hydrogen-bond donors (Lipinski definition) is 3. The number of pyridine rings is 1. The third kappa shape index (κ3) is 2.84. The predicted octanol–water partition coefficient (Wildman–Crippen LogP) is 3.95. The number of hydrogen-bond acceptors (Lipinski definition) is 5. The number of benzene rings is 1. The zero-order chi connectivity index (χ0) is 20.8. The van der Waals surface area contributed by atoms with Crippen molar-refractivity contribution in [2.45, 2.75) is 31.7 Å². The van der Waals surface area contributed by atoms with Gasteiger partial charge in [-0.15, -0.1) is 11.3 Å². The lowest BCUT2D eigenvalue weighted by atomic mass is 9.62. The quantitative estimate of drug-likeness (QED) is 0.597. The number of aryl methyl sites for hydroxylation is 1. The average Bonchev–Trinajstić information content (AvgIpc) is 3.35. The molecule has 1 fully saturated rings. The van der Waals surface area contributed by atoms with Crippen molar-refractivity contribution in [3.05, 3.63) is 70.5 Å². The minimum absolute atomic E-state index is 0.263. The molecule has 30 heavy (non-hydrogen) atoms. The van der Waals surface area contributed by atoms with Crippen molar-refractivity contribution >= 4 is 17.4 Å². The topological polar surface area (TPSA) is 87.1 Å². The van der Waals surface area contributed by atoms with Gasteiger partial charge in [0.25, 0.3) is 0 Å². The maximum Gasteiger partial charge on any atom is 0.405 e. The van der Waals surface area contributed by atoms with Crippen molar-refractivity contribution in [3.8, 4) is 10.6 Å². The van der Waals surface area contributed by atoms with E-state index in [1.54, 1.807) is 17.5 Å². The van der Waals surface area contributed by atoms with Gasteiger partial charge in [-0.3, -0.25) is 4.98 Å². The summed E-state index contributed by atoms with van der Waals surface area (Å²) in [5, 5.41) is 19.3. The van der Waals surface area contributed by atoms with Crippen LogP contribution in [0.4, 0.5) is 4.79 Å². The van der Waals surface area contributed by atoms with E-state index in [0.29, 0.717) is 0 Å². The van der Waals surface area contributed by atoms with Crippen LogP contribution in [0.1, 0.15) is 35.4 Å². The van der Waals surface area contributed by atoms with Gasteiger partial charge in [-0.2, -0.15) is 0 Å². The molecule has 3 heterocycles. The van der Waals surface area contributed by atoms with E-state index in [1.807, 2.05) is 36.6 Å². The summed E-state index contributed by atoms with van der Waals surface area (Å²) in [7, 11) is 0. The molecule has 7 heteroatoms. The molecule has 3 N–H and O–H groups in total. The number of amides is 1. The highest BCUT2D eigenvalue weighted by Crippen LogP contribution is 2.58. The first-order valence-corrected chi connectivity index (χ1v) is 11.1. The van der Waals surface area contributed by atoms with Crippen LogP contribution in [0, 0.1) is 12.3 Å². The first-order valence-electron chi connectivity index (χ1n) is 10.2. The number of nitrogens with zero attached hydrogens (tertiary/aromatic N) is 2. The Kier molecular flexibility index (Phi) is 4.60. The molecule has 6 nitrogen and oxygen atoms in total. The third-order valence-corrected chi connectivity index (χ3v) is 7.44. The van der Waals surface area contributed by atoms with Gasteiger partial charge in [0.15, 0.2) is 0 Å². The molecule has 5 rings (SSSR count). The second kappa shape index (κ2) is 7.18. The number of fused-ring (bicyclic) bond motifs is 1. The summed E-state index contributed by atoms with van der Waals surface area (Å²) in [6.07, 6.45) is 3.37. The molecule has 2 aromatic heterocycles. The minimum Gasteiger partial charge on any atom is -0.465 e. The van der Waals surface area contributed by atoms with E-state index in [2.05, 4.69) is 27.8 Å². The zero-order valence-electron chi connectivity index (χ0n) is 16.8. The Morgan fingerprint density at radius 3 is 2.77 bits per heavy atom. The molecule has 0 radical (unpaired) electrons. The van der Waals surface area contributed by atoms with Crippen molar-refractivity contribution in [1.29, 1.82) is 0 Å². The second-order valence-corrected chi connectivity index (χ2v) is 9.16. The Labute approximate surface area is 179 Å². The fourth-order valence-electron chi connectivity index (χ4n) is 5.46. The largest absolute Gasteiger partial charge is 0.465 e. The van der Waals surface area contributed by atoms with Crippen LogP contribution in [-0.4, -0.2) is 34.3 Å². The van der Waals surface area contributed by atoms with Gasteiger partial charge in [-0.05, 0) is 62.5 Å². The summed E-state index contributed by atoms with van der Waals surface area (Å²) < 4.78 is 0. The molecule has 1 spiro atoms. The number of carbonyl (C=O) groups is 1. The van der Waals surface area contributed by atoms with E-state index in [-0.39, 0.29) is 5.41 Å². The van der Waals surface area contributed by atoms with Gasteiger partial charge in [-0.25, -0.2) is 9.78 Å². The maximum absolute atomic E-state index is 12.2. The van der Waals surface area contributed by atoms with Gasteiger partial charge in [0.2, 0.25) is 0 Å². The molecule has 3 aromatic rings. The Bertz CT molecular complexity index is 1090. The van der Waals surface area contributed by atoms with E-state index in [9.17, 15) is 9.90 Å². The third-order valence-electron chi connectivity index (χ3n) is 6.62. The molecule has 1 aliphatic carbocycles. The van der Waals surface area contributed by atoms with Crippen molar-refractivity contribution in [3.63, 3.8) is 0 Å². The highest BCUT2D eigenvalue weighted by atomic mass is 32.1.